The molecule has 0 unspecified atom stereocenters. The highest BCUT2D eigenvalue weighted by atomic mass is 32.1. The molecule has 2 saturated heterocycles. The zero-order valence-electron chi connectivity index (χ0n) is 12.9. The average Bonchev–Trinajstić information content (AvgIpc) is 3.23. The van der Waals surface area contributed by atoms with Crippen molar-refractivity contribution in [3.05, 3.63) is 40.4 Å². The van der Waals surface area contributed by atoms with Crippen LogP contribution in [0.5, 0.6) is 0 Å². The number of hydrogen-bond acceptors (Lipinski definition) is 6. The van der Waals surface area contributed by atoms with Crippen molar-refractivity contribution in [1.82, 2.24) is 19.9 Å². The smallest absolute Gasteiger partial charge is 0.274 e. The number of ether oxygens (including phenoxy) is 1. The summed E-state index contributed by atoms with van der Waals surface area (Å²) in [5.41, 5.74) is 1.22. The summed E-state index contributed by atoms with van der Waals surface area (Å²) in [6.45, 7) is 3.24. The van der Waals surface area contributed by atoms with E-state index in [-0.39, 0.29) is 18.1 Å². The first-order valence-corrected chi connectivity index (χ1v) is 8.71. The van der Waals surface area contributed by atoms with Crippen LogP contribution in [0.4, 0.5) is 0 Å². The molecule has 0 N–H and O–H groups in total. The minimum atomic E-state index is -0.0581. The van der Waals surface area contributed by atoms with Gasteiger partial charge in [-0.2, -0.15) is 0 Å². The highest BCUT2D eigenvalue weighted by Crippen LogP contribution is 2.41. The fourth-order valence-corrected chi connectivity index (χ4v) is 4.02. The number of carbonyl (C=O) groups is 1. The van der Waals surface area contributed by atoms with Gasteiger partial charge < -0.3 is 9.64 Å². The number of thiazole rings is 1. The highest BCUT2D eigenvalue weighted by molar-refractivity contribution is 7.09. The Hall–Kier alpha value is -1.86. The zero-order chi connectivity index (χ0) is 15.8. The van der Waals surface area contributed by atoms with Gasteiger partial charge in [0.25, 0.3) is 5.91 Å². The van der Waals surface area contributed by atoms with E-state index in [2.05, 4.69) is 15.0 Å². The topological polar surface area (TPSA) is 68.2 Å². The third-order valence-corrected chi connectivity index (χ3v) is 5.43. The molecule has 4 heterocycles. The number of nitrogens with zero attached hydrogens (tertiary/aromatic N) is 4. The Balaban J connectivity index is 1.44. The van der Waals surface area contributed by atoms with Crippen molar-refractivity contribution in [2.45, 2.75) is 32.0 Å². The van der Waals surface area contributed by atoms with Crippen LogP contribution in [0.25, 0.3) is 0 Å². The van der Waals surface area contributed by atoms with E-state index < -0.39 is 0 Å². The van der Waals surface area contributed by atoms with Crippen LogP contribution in [0.3, 0.4) is 0 Å². The van der Waals surface area contributed by atoms with E-state index >= 15 is 0 Å². The number of amides is 1. The molecule has 0 aromatic carbocycles. The first-order valence-electron chi connectivity index (χ1n) is 7.83. The van der Waals surface area contributed by atoms with E-state index in [4.69, 9.17) is 4.74 Å². The molecule has 2 aromatic rings. The number of hydrogen-bond donors (Lipinski definition) is 0. The molecular weight excluding hydrogens is 312 g/mol. The second-order valence-corrected chi connectivity index (χ2v) is 7.04. The largest absolute Gasteiger partial charge is 0.366 e. The summed E-state index contributed by atoms with van der Waals surface area (Å²) in [5, 5.41) is 3.02. The Labute approximate surface area is 138 Å². The summed E-state index contributed by atoms with van der Waals surface area (Å²) in [6, 6.07) is 0. The SMILES string of the molecule is Cc1cnc(C(=O)N2CC[C@@H]3C[C@@H](c4nccs4)O[C@H]3C2)cn1. The summed E-state index contributed by atoms with van der Waals surface area (Å²) in [6.07, 6.45) is 7.15. The molecule has 0 spiro atoms. The van der Waals surface area contributed by atoms with Crippen molar-refractivity contribution >= 4 is 17.2 Å². The molecule has 2 aliphatic rings. The molecule has 2 fully saturated rings. The van der Waals surface area contributed by atoms with Gasteiger partial charge in [0.2, 0.25) is 0 Å². The van der Waals surface area contributed by atoms with Crippen molar-refractivity contribution in [2.24, 2.45) is 5.92 Å². The number of likely N-dealkylation sites (tertiary alicyclic amines) is 1. The van der Waals surface area contributed by atoms with Crippen molar-refractivity contribution in [3.63, 3.8) is 0 Å². The lowest BCUT2D eigenvalue weighted by Crippen LogP contribution is -2.45. The van der Waals surface area contributed by atoms with Gasteiger partial charge in [0.1, 0.15) is 16.8 Å². The van der Waals surface area contributed by atoms with E-state index in [1.807, 2.05) is 23.4 Å². The number of fused-ring (bicyclic) bond motifs is 1. The summed E-state index contributed by atoms with van der Waals surface area (Å²) in [5.74, 6) is 0.453. The number of aromatic nitrogens is 3. The van der Waals surface area contributed by atoms with E-state index in [1.165, 1.54) is 0 Å². The molecule has 4 rings (SSSR count). The van der Waals surface area contributed by atoms with Gasteiger partial charge in [-0.15, -0.1) is 11.3 Å². The Bertz CT molecular complexity index is 689. The first-order chi connectivity index (χ1) is 11.2. The minimum absolute atomic E-state index is 0.0581. The Morgan fingerprint density at radius 2 is 2.26 bits per heavy atom. The summed E-state index contributed by atoms with van der Waals surface area (Å²) in [4.78, 5) is 27.1. The fraction of sp³-hybridized carbons (Fsp3) is 0.500. The van der Waals surface area contributed by atoms with Gasteiger partial charge in [-0.1, -0.05) is 0 Å². The number of carbonyl (C=O) groups excluding carboxylic acids is 1. The van der Waals surface area contributed by atoms with Crippen LogP contribution in [0.1, 0.15) is 40.1 Å². The maximum Gasteiger partial charge on any atom is 0.274 e. The molecule has 1 amide bonds. The van der Waals surface area contributed by atoms with Crippen LogP contribution in [0, 0.1) is 12.8 Å². The van der Waals surface area contributed by atoms with Gasteiger partial charge in [0.05, 0.1) is 18.0 Å². The van der Waals surface area contributed by atoms with Crippen LogP contribution in [0.2, 0.25) is 0 Å². The van der Waals surface area contributed by atoms with E-state index in [1.54, 1.807) is 23.7 Å². The molecule has 2 aromatic heterocycles. The third kappa shape index (κ3) is 2.86. The molecule has 0 bridgehead atoms. The first kappa shape index (κ1) is 14.7. The number of aryl methyl sites for hydroxylation is 1. The molecule has 0 radical (unpaired) electrons. The molecule has 3 atom stereocenters. The summed E-state index contributed by atoms with van der Waals surface area (Å²) >= 11 is 1.64. The lowest BCUT2D eigenvalue weighted by Gasteiger charge is -2.33. The van der Waals surface area contributed by atoms with Gasteiger partial charge in [-0.25, -0.2) is 9.97 Å². The van der Waals surface area contributed by atoms with Crippen LogP contribution in [-0.2, 0) is 4.74 Å². The van der Waals surface area contributed by atoms with E-state index in [9.17, 15) is 4.79 Å². The van der Waals surface area contributed by atoms with Gasteiger partial charge in [0.15, 0.2) is 0 Å². The standard InChI is InChI=1S/C16H18N4O2S/c1-10-7-19-12(8-18-10)16(21)20-4-2-11-6-13(22-14(11)9-20)15-17-3-5-23-15/h3,5,7-8,11,13-14H,2,4,6,9H2,1H3/t11-,13+,14+/m1/s1. The molecule has 23 heavy (non-hydrogen) atoms. The zero-order valence-corrected chi connectivity index (χ0v) is 13.7. The molecule has 6 nitrogen and oxygen atoms in total. The van der Waals surface area contributed by atoms with Gasteiger partial charge in [-0.3, -0.25) is 9.78 Å². The summed E-state index contributed by atoms with van der Waals surface area (Å²) < 4.78 is 6.16. The lowest BCUT2D eigenvalue weighted by molar-refractivity contribution is -0.00465. The van der Waals surface area contributed by atoms with Gasteiger partial charge in [0, 0.05) is 30.9 Å². The van der Waals surface area contributed by atoms with E-state index in [0.717, 1.165) is 30.1 Å². The minimum Gasteiger partial charge on any atom is -0.366 e. The Morgan fingerprint density at radius 3 is 3.00 bits per heavy atom. The Kier molecular flexibility index (Phi) is 3.82. The van der Waals surface area contributed by atoms with E-state index in [0.29, 0.717) is 18.2 Å². The van der Waals surface area contributed by atoms with Crippen molar-refractivity contribution < 1.29 is 9.53 Å². The second kappa shape index (κ2) is 5.98. The fourth-order valence-electron chi connectivity index (χ4n) is 3.33. The molecule has 7 heteroatoms. The van der Waals surface area contributed by atoms with Crippen LogP contribution in [-0.4, -0.2) is 45.0 Å². The van der Waals surface area contributed by atoms with Crippen LogP contribution >= 0.6 is 11.3 Å². The lowest BCUT2D eigenvalue weighted by atomic mass is 9.91. The predicted octanol–water partition coefficient (Wildman–Crippen LogP) is 2.23. The molecule has 0 aliphatic carbocycles. The summed E-state index contributed by atoms with van der Waals surface area (Å²) in [7, 11) is 0. The normalized spacial score (nSPS) is 27.0. The molecule has 2 aliphatic heterocycles. The van der Waals surface area contributed by atoms with Crippen molar-refractivity contribution in [2.75, 3.05) is 13.1 Å². The molecule has 0 saturated carbocycles. The molecular formula is C16H18N4O2S. The maximum atomic E-state index is 12.6. The second-order valence-electron chi connectivity index (χ2n) is 6.11. The number of rotatable bonds is 2. The van der Waals surface area contributed by atoms with Crippen LogP contribution < -0.4 is 0 Å². The maximum absolute atomic E-state index is 12.6. The highest BCUT2D eigenvalue weighted by Gasteiger charge is 2.41. The predicted molar refractivity (Wildman–Crippen MR) is 85.1 cm³/mol. The average molecular weight is 330 g/mol. The molecule has 120 valence electrons. The third-order valence-electron chi connectivity index (χ3n) is 4.57. The number of piperidine rings is 1. The van der Waals surface area contributed by atoms with Crippen molar-refractivity contribution in [1.29, 1.82) is 0 Å². The van der Waals surface area contributed by atoms with Crippen molar-refractivity contribution in [3.8, 4) is 0 Å². The van der Waals surface area contributed by atoms with Gasteiger partial charge in [-0.05, 0) is 25.7 Å². The monoisotopic (exact) mass is 330 g/mol. The quantitative estimate of drug-likeness (QED) is 0.845. The van der Waals surface area contributed by atoms with Crippen LogP contribution in [0.15, 0.2) is 24.0 Å². The Morgan fingerprint density at radius 1 is 1.35 bits per heavy atom. The van der Waals surface area contributed by atoms with Gasteiger partial charge >= 0.3 is 0 Å².